The molecule has 13 heavy (non-hydrogen) atoms. The molecule has 0 aliphatic rings. The minimum absolute atomic E-state index is 0.344. The zero-order valence-electron chi connectivity index (χ0n) is 7.90. The third-order valence-corrected chi connectivity index (χ3v) is 1.61. The van der Waals surface area contributed by atoms with Gasteiger partial charge in [0.2, 0.25) is 0 Å². The van der Waals surface area contributed by atoms with Crippen LogP contribution in [0.15, 0.2) is 6.08 Å². The molecular weight excluding hydrogens is 252 g/mol. The second kappa shape index (κ2) is 14.6. The van der Waals surface area contributed by atoms with Crippen LogP contribution in [0.1, 0.15) is 39.0 Å². The number of carbonyl (C=O) groups excluding carboxylic acids is 1. The standard InChI is InChI=1S/C9H16O2.Mo.H2O/c1-2-3-4-6-9(11)7-5-8-10;;/h5,9,11H,2-4,6-7H2,1H3;;1H2/q;+1;/p-1. The number of aliphatic hydroxyl groups excluding tert-OH is 1. The van der Waals surface area contributed by atoms with Crippen molar-refractivity contribution in [2.75, 3.05) is 0 Å². The molecule has 1 unspecified atom stereocenters. The predicted octanol–water partition coefficient (Wildman–Crippen LogP) is 1.15. The van der Waals surface area contributed by atoms with Gasteiger partial charge in [-0.15, -0.1) is 0 Å². The summed E-state index contributed by atoms with van der Waals surface area (Å²) in [7, 11) is 0. The molecule has 0 radical (unpaired) electrons. The van der Waals surface area contributed by atoms with Gasteiger partial charge in [-0.1, -0.05) is 26.2 Å². The molecule has 2 N–H and O–H groups in total. The minimum atomic E-state index is -0.344. The first-order chi connectivity index (χ1) is 6.31. The molecule has 0 amide bonds. The van der Waals surface area contributed by atoms with Crippen molar-refractivity contribution in [2.45, 2.75) is 45.1 Å². The molecule has 77 valence electrons. The van der Waals surface area contributed by atoms with Crippen molar-refractivity contribution in [2.24, 2.45) is 0 Å². The van der Waals surface area contributed by atoms with E-state index in [1.54, 1.807) is 5.94 Å². The summed E-state index contributed by atoms with van der Waals surface area (Å²) in [4.78, 5) is 9.75. The normalized spacial score (nSPS) is 10.7. The molecule has 0 aliphatic heterocycles. The van der Waals surface area contributed by atoms with Crippen molar-refractivity contribution in [1.29, 1.82) is 0 Å². The van der Waals surface area contributed by atoms with E-state index in [9.17, 15) is 9.90 Å². The van der Waals surface area contributed by atoms with Gasteiger partial charge in [-0.2, -0.15) is 0 Å². The molecule has 0 aliphatic carbocycles. The Morgan fingerprint density at radius 1 is 1.46 bits per heavy atom. The Balaban J connectivity index is 0. The zero-order chi connectivity index (χ0) is 10.5. The van der Waals surface area contributed by atoms with Gasteiger partial charge in [0.05, 0.1) is 6.10 Å². The fourth-order valence-electron chi connectivity index (χ4n) is 0.932. The average Bonchev–Trinajstić information content (AvgIpc) is 2.18. The Bertz CT molecular complexity index is 133. The topological polar surface area (TPSA) is 57.5 Å². The molecule has 1 atom stereocenters. The molecule has 4 heteroatoms. The van der Waals surface area contributed by atoms with Gasteiger partial charge in [-0.25, -0.2) is 4.79 Å². The fraction of sp³-hybridized carbons (Fsp3) is 0.778. The molecule has 0 saturated heterocycles. The molecular formula is C9H17MoO3. The maximum absolute atomic E-state index is 9.75. The van der Waals surface area contributed by atoms with Crippen LogP contribution < -0.4 is 0 Å². The van der Waals surface area contributed by atoms with Crippen LogP contribution in [-0.4, -0.2) is 20.9 Å². The molecule has 0 aromatic carbocycles. The zero-order valence-corrected chi connectivity index (χ0v) is 9.91. The second-order valence-electron chi connectivity index (χ2n) is 2.71. The summed E-state index contributed by atoms with van der Waals surface area (Å²) < 4.78 is 7.01. The quantitative estimate of drug-likeness (QED) is 0.432. The van der Waals surface area contributed by atoms with Crippen molar-refractivity contribution >= 4 is 5.94 Å². The van der Waals surface area contributed by atoms with E-state index in [1.807, 2.05) is 0 Å². The third-order valence-electron chi connectivity index (χ3n) is 1.61. The average molecular weight is 269 g/mol. The van der Waals surface area contributed by atoms with Gasteiger partial charge < -0.3 is 5.11 Å². The number of hydrogen-bond donors (Lipinski definition) is 2. The Labute approximate surface area is 91.2 Å². The number of hydrogen-bond acceptors (Lipinski definition) is 3. The molecule has 0 fully saturated rings. The van der Waals surface area contributed by atoms with Gasteiger partial charge in [0, 0.05) is 12.5 Å². The molecule has 0 rings (SSSR count). The first kappa shape index (κ1) is 15.5. The van der Waals surface area contributed by atoms with E-state index in [2.05, 4.69) is 6.92 Å². The first-order valence-electron chi connectivity index (χ1n) is 4.37. The Kier molecular flexibility index (Phi) is 17.4. The van der Waals surface area contributed by atoms with Gasteiger partial charge in [0.25, 0.3) is 0 Å². The molecule has 0 aromatic heterocycles. The Morgan fingerprint density at radius 2 is 2.08 bits per heavy atom. The van der Waals surface area contributed by atoms with E-state index in [4.69, 9.17) is 3.76 Å². The summed E-state index contributed by atoms with van der Waals surface area (Å²) in [5.41, 5.74) is 0. The van der Waals surface area contributed by atoms with Crippen LogP contribution in [0.5, 0.6) is 0 Å². The molecule has 0 saturated carbocycles. The van der Waals surface area contributed by atoms with Gasteiger partial charge in [-0.05, 0) is 6.42 Å². The van der Waals surface area contributed by atoms with Crippen LogP contribution in [0.3, 0.4) is 0 Å². The summed E-state index contributed by atoms with van der Waals surface area (Å²) >= 11 is 0.950. The van der Waals surface area contributed by atoms with Crippen molar-refractivity contribution in [1.82, 2.24) is 0 Å². The summed E-state index contributed by atoms with van der Waals surface area (Å²) in [6.07, 6.45) is 5.61. The van der Waals surface area contributed by atoms with Gasteiger partial charge in [0.1, 0.15) is 5.94 Å². The van der Waals surface area contributed by atoms with Crippen molar-refractivity contribution in [3.63, 3.8) is 0 Å². The third kappa shape index (κ3) is 14.9. The number of unbranched alkanes of at least 4 members (excludes halogenated alkanes) is 2. The van der Waals surface area contributed by atoms with Crippen LogP contribution >= 0.6 is 0 Å². The van der Waals surface area contributed by atoms with Crippen LogP contribution in [0, 0.1) is 0 Å². The Hall–Kier alpha value is 0.0583. The predicted molar refractivity (Wildman–Crippen MR) is 47.2 cm³/mol. The summed E-state index contributed by atoms with van der Waals surface area (Å²) in [6, 6.07) is 0. The van der Waals surface area contributed by atoms with E-state index >= 15 is 0 Å². The van der Waals surface area contributed by atoms with Crippen LogP contribution in [-0.2, 0) is 25.0 Å². The molecule has 0 spiro atoms. The van der Waals surface area contributed by atoms with Gasteiger partial charge >= 0.3 is 24.0 Å². The van der Waals surface area contributed by atoms with E-state index in [-0.39, 0.29) is 6.10 Å². The van der Waals surface area contributed by atoms with Crippen LogP contribution in [0.2, 0.25) is 0 Å². The molecule has 0 aromatic rings. The first-order valence-corrected chi connectivity index (χ1v) is 5.26. The number of aliphatic hydroxyl groups is 1. The molecule has 3 nitrogen and oxygen atoms in total. The van der Waals surface area contributed by atoms with Gasteiger partial charge in [-0.3, -0.25) is 0 Å². The van der Waals surface area contributed by atoms with Crippen LogP contribution in [0.4, 0.5) is 0 Å². The van der Waals surface area contributed by atoms with E-state index in [1.165, 1.54) is 6.08 Å². The van der Waals surface area contributed by atoms with Gasteiger partial charge in [0.15, 0.2) is 0 Å². The summed E-state index contributed by atoms with van der Waals surface area (Å²) in [6.45, 7) is 2.12. The van der Waals surface area contributed by atoms with Crippen molar-refractivity contribution in [3.8, 4) is 0 Å². The number of rotatable bonds is 6. The second-order valence-corrected chi connectivity index (χ2v) is 2.71. The van der Waals surface area contributed by atoms with Crippen molar-refractivity contribution in [3.05, 3.63) is 6.08 Å². The van der Waals surface area contributed by atoms with Crippen LogP contribution in [0.25, 0.3) is 0 Å². The summed E-state index contributed by atoms with van der Waals surface area (Å²) in [5.74, 6) is 1.65. The van der Waals surface area contributed by atoms with Crippen molar-refractivity contribution < 1.29 is 33.9 Å². The molecule has 0 heterocycles. The monoisotopic (exact) mass is 271 g/mol. The summed E-state index contributed by atoms with van der Waals surface area (Å²) in [5, 5.41) is 9.20. The van der Waals surface area contributed by atoms with E-state index < -0.39 is 0 Å². The fourth-order valence-corrected chi connectivity index (χ4v) is 0.932. The maximum atomic E-state index is 9.75. The SMILES string of the molecule is CCCCCC(O)CC=C=O.[OH][Mo]. The Morgan fingerprint density at radius 3 is 2.54 bits per heavy atom. The molecule has 0 bridgehead atoms. The van der Waals surface area contributed by atoms with E-state index in [0.29, 0.717) is 6.42 Å². The van der Waals surface area contributed by atoms with E-state index in [0.717, 1.165) is 45.9 Å².